The molecule has 0 spiro atoms. The number of likely N-dealkylation sites (tertiary alicyclic amines) is 1. The normalized spacial score (nSPS) is 21.3. The van der Waals surface area contributed by atoms with Gasteiger partial charge in [0.2, 0.25) is 0 Å². The molecule has 158 valence electrons. The molecule has 2 fully saturated rings. The molecule has 30 heavy (non-hydrogen) atoms. The first kappa shape index (κ1) is 20.0. The Bertz CT molecular complexity index is 954. The van der Waals surface area contributed by atoms with Crippen molar-refractivity contribution in [2.75, 3.05) is 16.8 Å². The number of hydrogen-bond acceptors (Lipinski definition) is 4. The van der Waals surface area contributed by atoms with Gasteiger partial charge in [-0.3, -0.25) is 4.79 Å². The summed E-state index contributed by atoms with van der Waals surface area (Å²) in [6.07, 6.45) is 5.51. The molecule has 2 aliphatic heterocycles. The van der Waals surface area contributed by atoms with Crippen molar-refractivity contribution in [3.05, 3.63) is 48.4 Å². The van der Waals surface area contributed by atoms with E-state index in [1.165, 1.54) is 0 Å². The molecule has 4 rings (SSSR count). The summed E-state index contributed by atoms with van der Waals surface area (Å²) in [5.41, 5.74) is -0.0249. The van der Waals surface area contributed by atoms with Crippen molar-refractivity contribution >= 4 is 29.3 Å². The topological polar surface area (TPSA) is 94.9 Å². The first-order valence-electron chi connectivity index (χ1n) is 10.2. The first-order valence-corrected chi connectivity index (χ1v) is 10.2. The molecular formula is C22H26N4O4. The summed E-state index contributed by atoms with van der Waals surface area (Å²) in [5, 5.41) is 5.58. The van der Waals surface area contributed by atoms with Crippen molar-refractivity contribution in [3.63, 3.8) is 0 Å². The lowest BCUT2D eigenvalue weighted by Crippen LogP contribution is -2.40. The second-order valence-corrected chi connectivity index (χ2v) is 8.25. The number of imide groups is 1. The van der Waals surface area contributed by atoms with Gasteiger partial charge in [0.05, 0.1) is 18.0 Å². The number of nitrogens with one attached hydrogen (secondary N) is 2. The minimum atomic E-state index is -0.960. The molecule has 2 aliphatic rings. The van der Waals surface area contributed by atoms with E-state index in [1.54, 1.807) is 49.3 Å². The Morgan fingerprint density at radius 2 is 2.00 bits per heavy atom. The fraction of sp³-hybridized carbons (Fsp3) is 0.409. The summed E-state index contributed by atoms with van der Waals surface area (Å²) >= 11 is 0. The molecule has 8 nitrogen and oxygen atoms in total. The van der Waals surface area contributed by atoms with Crippen LogP contribution in [0.3, 0.4) is 0 Å². The molecular weight excluding hydrogens is 384 g/mol. The standard InChI is InChI=1S/C22H26N4O4/c1-22(2)19(27)26(21(29)24-22)16-9-6-8-15(14-16)23-20(28)25-12-5-3-4-10-17(25)18-11-7-13-30-18/h6-9,11,13-14,17H,3-5,10,12H2,1-2H3,(H,23,28)(H,24,29)/t17-/m1/s1. The van der Waals surface area contributed by atoms with Gasteiger partial charge in [0, 0.05) is 12.2 Å². The van der Waals surface area contributed by atoms with Gasteiger partial charge in [0.25, 0.3) is 5.91 Å². The third kappa shape index (κ3) is 3.77. The summed E-state index contributed by atoms with van der Waals surface area (Å²) in [4.78, 5) is 40.9. The largest absolute Gasteiger partial charge is 0.467 e. The van der Waals surface area contributed by atoms with Crippen LogP contribution in [0.5, 0.6) is 0 Å². The molecule has 2 aromatic rings. The van der Waals surface area contributed by atoms with E-state index in [4.69, 9.17) is 4.42 Å². The monoisotopic (exact) mass is 410 g/mol. The predicted molar refractivity (Wildman–Crippen MR) is 112 cm³/mol. The van der Waals surface area contributed by atoms with Gasteiger partial charge in [-0.05, 0) is 57.0 Å². The second-order valence-electron chi connectivity index (χ2n) is 8.25. The van der Waals surface area contributed by atoms with Gasteiger partial charge in [-0.1, -0.05) is 18.9 Å². The maximum Gasteiger partial charge on any atom is 0.329 e. The lowest BCUT2D eigenvalue weighted by atomic mass is 10.1. The van der Waals surface area contributed by atoms with E-state index >= 15 is 0 Å². The van der Waals surface area contributed by atoms with E-state index in [2.05, 4.69) is 10.6 Å². The lowest BCUT2D eigenvalue weighted by molar-refractivity contribution is -0.121. The van der Waals surface area contributed by atoms with E-state index in [0.717, 1.165) is 36.3 Å². The highest BCUT2D eigenvalue weighted by Gasteiger charge is 2.45. The summed E-state index contributed by atoms with van der Waals surface area (Å²) in [6, 6.07) is 9.68. The summed E-state index contributed by atoms with van der Waals surface area (Å²) in [7, 11) is 0. The molecule has 0 bridgehead atoms. The highest BCUT2D eigenvalue weighted by molar-refractivity contribution is 6.23. The third-order valence-electron chi connectivity index (χ3n) is 5.60. The number of nitrogens with zero attached hydrogens (tertiary/aromatic N) is 2. The number of urea groups is 2. The van der Waals surface area contributed by atoms with Crippen LogP contribution in [0, 0.1) is 0 Å². The molecule has 0 saturated carbocycles. The molecule has 1 atom stereocenters. The van der Waals surface area contributed by atoms with Crippen molar-refractivity contribution in [1.29, 1.82) is 0 Å². The zero-order chi connectivity index (χ0) is 21.3. The number of carbonyl (C=O) groups excluding carboxylic acids is 3. The maximum atomic E-state index is 13.1. The summed E-state index contributed by atoms with van der Waals surface area (Å²) < 4.78 is 5.58. The predicted octanol–water partition coefficient (Wildman–Crippen LogP) is 4.26. The average molecular weight is 410 g/mol. The van der Waals surface area contributed by atoms with Gasteiger partial charge in [-0.25, -0.2) is 14.5 Å². The van der Waals surface area contributed by atoms with Gasteiger partial charge in [-0.15, -0.1) is 0 Å². The quantitative estimate of drug-likeness (QED) is 0.739. The van der Waals surface area contributed by atoms with Crippen LogP contribution in [0.15, 0.2) is 47.1 Å². The van der Waals surface area contributed by atoms with Crippen LogP contribution in [-0.4, -0.2) is 35.0 Å². The first-order chi connectivity index (χ1) is 14.4. The van der Waals surface area contributed by atoms with Crippen molar-refractivity contribution in [3.8, 4) is 0 Å². The number of anilines is 2. The lowest BCUT2D eigenvalue weighted by Gasteiger charge is -2.29. The number of furan rings is 1. The van der Waals surface area contributed by atoms with E-state index in [0.29, 0.717) is 17.9 Å². The molecule has 0 unspecified atom stereocenters. The summed E-state index contributed by atoms with van der Waals surface area (Å²) in [6.45, 7) is 3.96. The van der Waals surface area contributed by atoms with Gasteiger partial charge in [0.15, 0.2) is 0 Å². The van der Waals surface area contributed by atoms with Gasteiger partial charge >= 0.3 is 12.1 Å². The van der Waals surface area contributed by atoms with E-state index < -0.39 is 11.6 Å². The number of rotatable bonds is 3. The molecule has 1 aromatic carbocycles. The van der Waals surface area contributed by atoms with Crippen LogP contribution < -0.4 is 15.5 Å². The minimum Gasteiger partial charge on any atom is -0.467 e. The Hall–Kier alpha value is -3.29. The van der Waals surface area contributed by atoms with Crippen LogP contribution in [0.25, 0.3) is 0 Å². The molecule has 3 heterocycles. The fourth-order valence-electron chi connectivity index (χ4n) is 4.03. The minimum absolute atomic E-state index is 0.114. The molecule has 5 amide bonds. The van der Waals surface area contributed by atoms with E-state index in [9.17, 15) is 14.4 Å². The highest BCUT2D eigenvalue weighted by Crippen LogP contribution is 2.32. The Morgan fingerprint density at radius 3 is 2.70 bits per heavy atom. The van der Waals surface area contributed by atoms with Crippen LogP contribution in [-0.2, 0) is 4.79 Å². The molecule has 2 saturated heterocycles. The average Bonchev–Trinajstić information content (AvgIpc) is 3.20. The van der Waals surface area contributed by atoms with Crippen molar-refractivity contribution in [2.24, 2.45) is 0 Å². The Morgan fingerprint density at radius 1 is 1.17 bits per heavy atom. The van der Waals surface area contributed by atoms with Gasteiger partial charge < -0.3 is 20.0 Å². The van der Waals surface area contributed by atoms with E-state index in [-0.39, 0.29) is 18.0 Å². The Labute approximate surface area is 175 Å². The molecule has 2 N–H and O–H groups in total. The zero-order valence-electron chi connectivity index (χ0n) is 17.2. The highest BCUT2D eigenvalue weighted by atomic mass is 16.3. The van der Waals surface area contributed by atoms with Crippen molar-refractivity contribution in [1.82, 2.24) is 10.2 Å². The van der Waals surface area contributed by atoms with Crippen molar-refractivity contribution < 1.29 is 18.8 Å². The number of benzene rings is 1. The molecule has 0 aliphatic carbocycles. The number of hydrogen-bond donors (Lipinski definition) is 2. The number of amides is 5. The SMILES string of the molecule is CC1(C)NC(=O)N(c2cccc(NC(=O)N3CCCCC[C@@H]3c3ccco3)c2)C1=O. The summed E-state index contributed by atoms with van der Waals surface area (Å²) in [5.74, 6) is 0.448. The zero-order valence-corrected chi connectivity index (χ0v) is 17.2. The fourth-order valence-corrected chi connectivity index (χ4v) is 4.03. The molecule has 8 heteroatoms. The van der Waals surface area contributed by atoms with E-state index in [1.807, 2.05) is 12.1 Å². The second kappa shape index (κ2) is 7.85. The van der Waals surface area contributed by atoms with Gasteiger partial charge in [-0.2, -0.15) is 0 Å². The van der Waals surface area contributed by atoms with Crippen LogP contribution in [0.4, 0.5) is 21.0 Å². The maximum absolute atomic E-state index is 13.1. The smallest absolute Gasteiger partial charge is 0.329 e. The Kier molecular flexibility index (Phi) is 5.24. The molecule has 1 aromatic heterocycles. The number of carbonyl (C=O) groups is 3. The van der Waals surface area contributed by atoms with Gasteiger partial charge in [0.1, 0.15) is 11.3 Å². The Balaban J connectivity index is 1.54. The van der Waals surface area contributed by atoms with Crippen LogP contribution in [0.1, 0.15) is 51.3 Å². The van der Waals surface area contributed by atoms with Crippen molar-refractivity contribution in [2.45, 2.75) is 51.1 Å². The van der Waals surface area contributed by atoms with Crippen LogP contribution >= 0.6 is 0 Å². The molecule has 0 radical (unpaired) electrons. The third-order valence-corrected chi connectivity index (χ3v) is 5.60. The van der Waals surface area contributed by atoms with Crippen LogP contribution in [0.2, 0.25) is 0 Å².